The Balaban J connectivity index is 3.11. The average Bonchev–Trinajstić information content (AvgIpc) is 2.56. The number of hydrogen-bond donors (Lipinski definition) is 0. The minimum Gasteiger partial charge on any atom is -0.465 e. The topological polar surface area (TPSA) is 91.3 Å². The minimum atomic E-state index is -1.32. The van der Waals surface area contributed by atoms with Crippen molar-refractivity contribution in [1.82, 2.24) is 0 Å². The van der Waals surface area contributed by atoms with Crippen LogP contribution in [0.3, 0.4) is 0 Å². The van der Waals surface area contributed by atoms with Gasteiger partial charge in [0.2, 0.25) is 0 Å². The number of hydrogen-bond acceptors (Lipinski definition) is 7. The quantitative estimate of drug-likeness (QED) is 0.323. The number of ether oxygens (including phenoxy) is 3. The van der Waals surface area contributed by atoms with Gasteiger partial charge in [-0.3, -0.25) is 14.6 Å². The van der Waals surface area contributed by atoms with E-state index in [0.29, 0.717) is 0 Å². The fourth-order valence-electron chi connectivity index (χ4n) is 1.72. The summed E-state index contributed by atoms with van der Waals surface area (Å²) in [5.41, 5.74) is 0.329. The second kappa shape index (κ2) is 9.67. The molecule has 1 aromatic carbocycles. The van der Waals surface area contributed by atoms with Crippen LogP contribution in [0.15, 0.2) is 23.2 Å². The van der Waals surface area contributed by atoms with E-state index in [9.17, 15) is 14.4 Å². The molecular weight excluding hydrogens is 338 g/mol. The Kier molecular flexibility index (Phi) is 7.91. The van der Waals surface area contributed by atoms with Gasteiger partial charge < -0.3 is 14.2 Å². The van der Waals surface area contributed by atoms with Crippen LogP contribution in [0.25, 0.3) is 0 Å². The van der Waals surface area contributed by atoms with E-state index in [2.05, 4.69) is 9.73 Å². The summed E-state index contributed by atoms with van der Waals surface area (Å²) in [7, 11) is 1.23. The summed E-state index contributed by atoms with van der Waals surface area (Å²) >= 11 is 6.10. The normalized spacial score (nSPS) is 10.7. The zero-order chi connectivity index (χ0) is 18.1. The first-order chi connectivity index (χ1) is 11.5. The van der Waals surface area contributed by atoms with Gasteiger partial charge in [-0.2, -0.15) is 0 Å². The smallest absolute Gasteiger partial charge is 0.339 e. The predicted molar refractivity (Wildman–Crippen MR) is 87.7 cm³/mol. The van der Waals surface area contributed by atoms with Gasteiger partial charge in [0.1, 0.15) is 0 Å². The Morgan fingerprint density at radius 3 is 2.25 bits per heavy atom. The second-order valence-electron chi connectivity index (χ2n) is 4.39. The molecule has 1 rings (SSSR count). The molecule has 0 saturated carbocycles. The van der Waals surface area contributed by atoms with Gasteiger partial charge >= 0.3 is 17.9 Å². The maximum absolute atomic E-state index is 11.9. The molecule has 0 heterocycles. The van der Waals surface area contributed by atoms with Crippen molar-refractivity contribution < 1.29 is 28.6 Å². The Morgan fingerprint density at radius 2 is 1.75 bits per heavy atom. The van der Waals surface area contributed by atoms with Gasteiger partial charge in [0, 0.05) is 6.21 Å². The molecule has 0 spiro atoms. The summed E-state index contributed by atoms with van der Waals surface area (Å²) < 4.78 is 14.3. The van der Waals surface area contributed by atoms with Crippen LogP contribution < -0.4 is 0 Å². The standard InChI is InChI=1S/C16H18ClNO6/c1-4-23-15(20)11(16(21)24-5-2)9-18-12-8-6-7-10(13(12)17)14(19)22-3/h6-9,11H,4-5H2,1-3H3. The minimum absolute atomic E-state index is 0.0482. The van der Waals surface area contributed by atoms with Crippen molar-refractivity contribution in [3.8, 4) is 0 Å². The molecule has 0 saturated heterocycles. The highest BCUT2D eigenvalue weighted by Gasteiger charge is 2.28. The molecular formula is C16H18ClNO6. The Bertz CT molecular complexity index is 625. The maximum Gasteiger partial charge on any atom is 0.339 e. The van der Waals surface area contributed by atoms with Crippen LogP contribution in [-0.2, 0) is 23.8 Å². The summed E-state index contributed by atoms with van der Waals surface area (Å²) in [6, 6.07) is 4.55. The van der Waals surface area contributed by atoms with Gasteiger partial charge in [-0.1, -0.05) is 17.7 Å². The third-order valence-corrected chi connectivity index (χ3v) is 3.22. The van der Waals surface area contributed by atoms with Gasteiger partial charge in [0.15, 0.2) is 5.92 Å². The first kappa shape index (κ1) is 19.6. The first-order valence-corrected chi connectivity index (χ1v) is 7.58. The lowest BCUT2D eigenvalue weighted by Gasteiger charge is -2.10. The summed E-state index contributed by atoms with van der Waals surface area (Å²) in [5, 5.41) is 0.0482. The summed E-state index contributed by atoms with van der Waals surface area (Å²) in [6.45, 7) is 3.46. The van der Waals surface area contributed by atoms with E-state index in [4.69, 9.17) is 21.1 Å². The number of halogens is 1. The molecule has 0 unspecified atom stereocenters. The molecule has 0 bridgehead atoms. The fourth-order valence-corrected chi connectivity index (χ4v) is 1.98. The molecule has 0 amide bonds. The van der Waals surface area contributed by atoms with Gasteiger partial charge in [-0.05, 0) is 26.0 Å². The maximum atomic E-state index is 11.9. The number of rotatable bonds is 7. The largest absolute Gasteiger partial charge is 0.465 e. The molecule has 0 N–H and O–H groups in total. The molecule has 0 aliphatic carbocycles. The van der Waals surface area contributed by atoms with Crippen molar-refractivity contribution in [2.75, 3.05) is 20.3 Å². The van der Waals surface area contributed by atoms with Crippen LogP contribution >= 0.6 is 11.6 Å². The average molecular weight is 356 g/mol. The molecule has 0 radical (unpaired) electrons. The summed E-state index contributed by atoms with van der Waals surface area (Å²) in [6.07, 6.45) is 1.08. The fraction of sp³-hybridized carbons (Fsp3) is 0.375. The van der Waals surface area contributed by atoms with Crippen molar-refractivity contribution in [1.29, 1.82) is 0 Å². The van der Waals surface area contributed by atoms with Crippen molar-refractivity contribution in [2.45, 2.75) is 13.8 Å². The van der Waals surface area contributed by atoms with E-state index in [1.807, 2.05) is 0 Å². The van der Waals surface area contributed by atoms with E-state index in [-0.39, 0.29) is 29.5 Å². The van der Waals surface area contributed by atoms with E-state index < -0.39 is 23.8 Å². The monoisotopic (exact) mass is 355 g/mol. The highest BCUT2D eigenvalue weighted by Crippen LogP contribution is 2.29. The van der Waals surface area contributed by atoms with Crippen LogP contribution in [0.5, 0.6) is 0 Å². The zero-order valence-electron chi connectivity index (χ0n) is 13.6. The Morgan fingerprint density at radius 1 is 1.17 bits per heavy atom. The zero-order valence-corrected chi connectivity index (χ0v) is 14.3. The first-order valence-electron chi connectivity index (χ1n) is 7.20. The van der Waals surface area contributed by atoms with Crippen molar-refractivity contribution in [3.63, 3.8) is 0 Å². The van der Waals surface area contributed by atoms with Gasteiger partial charge in [0.05, 0.1) is 36.6 Å². The van der Waals surface area contributed by atoms with Crippen LogP contribution in [0.4, 0.5) is 5.69 Å². The predicted octanol–water partition coefficient (Wildman–Crippen LogP) is 2.57. The van der Waals surface area contributed by atoms with E-state index in [1.54, 1.807) is 19.9 Å². The number of nitrogens with zero attached hydrogens (tertiary/aromatic N) is 1. The lowest BCUT2D eigenvalue weighted by atomic mass is 10.1. The van der Waals surface area contributed by atoms with Gasteiger partial charge in [-0.15, -0.1) is 0 Å². The molecule has 1 aromatic rings. The number of carbonyl (C=O) groups is 3. The number of benzene rings is 1. The SMILES string of the molecule is CCOC(=O)C(C=Nc1cccc(C(=O)OC)c1Cl)C(=O)OCC. The van der Waals surface area contributed by atoms with Crippen LogP contribution in [0.2, 0.25) is 5.02 Å². The third kappa shape index (κ3) is 5.06. The van der Waals surface area contributed by atoms with E-state index >= 15 is 0 Å². The van der Waals surface area contributed by atoms with Gasteiger partial charge in [-0.25, -0.2) is 4.79 Å². The van der Waals surface area contributed by atoms with Crippen molar-refractivity contribution in [3.05, 3.63) is 28.8 Å². The molecule has 8 heteroatoms. The molecule has 24 heavy (non-hydrogen) atoms. The number of carbonyl (C=O) groups excluding carboxylic acids is 3. The third-order valence-electron chi connectivity index (χ3n) is 2.83. The lowest BCUT2D eigenvalue weighted by Crippen LogP contribution is -2.29. The molecule has 130 valence electrons. The Labute approximate surface area is 144 Å². The number of methoxy groups -OCH3 is 1. The molecule has 0 aliphatic heterocycles. The number of esters is 3. The molecule has 7 nitrogen and oxygen atoms in total. The highest BCUT2D eigenvalue weighted by molar-refractivity contribution is 6.36. The molecule has 0 aromatic heterocycles. The molecule has 0 atom stereocenters. The van der Waals surface area contributed by atoms with E-state index in [1.165, 1.54) is 19.2 Å². The van der Waals surface area contributed by atoms with Crippen LogP contribution in [0.1, 0.15) is 24.2 Å². The van der Waals surface area contributed by atoms with Crippen molar-refractivity contribution >= 4 is 41.4 Å². The highest BCUT2D eigenvalue weighted by atomic mass is 35.5. The van der Waals surface area contributed by atoms with E-state index in [0.717, 1.165) is 6.21 Å². The van der Waals surface area contributed by atoms with Crippen molar-refractivity contribution in [2.24, 2.45) is 10.9 Å². The van der Waals surface area contributed by atoms with Gasteiger partial charge in [0.25, 0.3) is 0 Å². The second-order valence-corrected chi connectivity index (χ2v) is 4.77. The Hall–Kier alpha value is -2.41. The summed E-state index contributed by atoms with van der Waals surface area (Å²) in [5.74, 6) is -3.49. The summed E-state index contributed by atoms with van der Waals surface area (Å²) in [4.78, 5) is 39.4. The van der Waals surface area contributed by atoms with Crippen LogP contribution in [-0.4, -0.2) is 44.4 Å². The molecule has 0 aliphatic rings. The molecule has 0 fully saturated rings. The van der Waals surface area contributed by atoms with Crippen LogP contribution in [0, 0.1) is 5.92 Å². The lowest BCUT2D eigenvalue weighted by molar-refractivity contribution is -0.157. The number of aliphatic imine (C=N–C) groups is 1.